The lowest BCUT2D eigenvalue weighted by atomic mass is 9.88. The highest BCUT2D eigenvalue weighted by molar-refractivity contribution is 5.99. The molecule has 158 valence electrons. The van der Waals surface area contributed by atoms with E-state index in [2.05, 4.69) is 5.10 Å². The minimum absolute atomic E-state index is 0.0251. The Bertz CT molecular complexity index is 1000. The number of amides is 1. The monoisotopic (exact) mass is 409 g/mol. The zero-order chi connectivity index (χ0) is 21.3. The number of hydrogen-bond acceptors (Lipinski definition) is 5. The molecule has 1 saturated heterocycles. The number of carbonyl (C=O) groups is 2. The zero-order valence-corrected chi connectivity index (χ0v) is 17.7. The smallest absolute Gasteiger partial charge is 0.246 e. The van der Waals surface area contributed by atoms with E-state index in [1.54, 1.807) is 24.3 Å². The Labute approximate surface area is 176 Å². The number of aromatic nitrogens is 2. The molecular weight excluding hydrogens is 382 g/mol. The maximum absolute atomic E-state index is 12.9. The number of carbonyl (C=O) groups excluding carboxylic acids is 2. The van der Waals surface area contributed by atoms with Crippen LogP contribution in [0.3, 0.4) is 0 Å². The number of piperidine rings is 1. The fourth-order valence-corrected chi connectivity index (χ4v) is 4.09. The summed E-state index contributed by atoms with van der Waals surface area (Å²) in [5, 5.41) is 4.37. The van der Waals surface area contributed by atoms with E-state index in [1.165, 1.54) is 0 Å². The highest BCUT2D eigenvalue weighted by Crippen LogP contribution is 2.32. The molecule has 1 amide bonds. The summed E-state index contributed by atoms with van der Waals surface area (Å²) in [5.41, 5.74) is 3.56. The normalized spacial score (nSPS) is 16.8. The maximum Gasteiger partial charge on any atom is 0.246 e. The fraction of sp³-hybridized carbons (Fsp3) is 0.435. The van der Waals surface area contributed by atoms with Gasteiger partial charge in [0, 0.05) is 49.0 Å². The quantitative estimate of drug-likeness (QED) is 0.573. The van der Waals surface area contributed by atoms with Crippen LogP contribution in [-0.4, -0.2) is 52.7 Å². The molecule has 0 bridgehead atoms. The molecule has 0 N–H and O–H groups in total. The number of hydrogen-bond donors (Lipinski definition) is 0. The fourth-order valence-electron chi connectivity index (χ4n) is 4.09. The van der Waals surface area contributed by atoms with Crippen molar-refractivity contribution in [2.75, 3.05) is 26.3 Å². The van der Waals surface area contributed by atoms with Crippen molar-refractivity contribution in [3.05, 3.63) is 46.8 Å². The molecule has 0 spiro atoms. The summed E-state index contributed by atoms with van der Waals surface area (Å²) in [6.45, 7) is 6.10. The molecule has 2 aliphatic rings. The van der Waals surface area contributed by atoms with Crippen LogP contribution in [0.2, 0.25) is 0 Å². The Hall–Kier alpha value is -3.09. The van der Waals surface area contributed by atoms with Gasteiger partial charge >= 0.3 is 0 Å². The number of benzene rings is 1. The van der Waals surface area contributed by atoms with Crippen LogP contribution in [0.1, 0.15) is 40.2 Å². The third kappa shape index (κ3) is 3.97. The van der Waals surface area contributed by atoms with Gasteiger partial charge in [-0.15, -0.1) is 0 Å². The van der Waals surface area contributed by atoms with Gasteiger partial charge in [0.05, 0.1) is 5.69 Å². The SMILES string of the molecule is Cc1nn(C)c(C)c1/C=C\C(=O)N1CCC(C(=O)c2ccc3c(c2)OCCO3)CC1. The molecule has 2 aliphatic heterocycles. The highest BCUT2D eigenvalue weighted by Gasteiger charge is 2.28. The summed E-state index contributed by atoms with van der Waals surface area (Å²) in [6, 6.07) is 5.37. The van der Waals surface area contributed by atoms with Gasteiger partial charge in [0.25, 0.3) is 0 Å². The number of rotatable bonds is 4. The average molecular weight is 409 g/mol. The van der Waals surface area contributed by atoms with Crippen molar-refractivity contribution in [3.63, 3.8) is 0 Å². The predicted octanol–water partition coefficient (Wildman–Crippen LogP) is 2.94. The summed E-state index contributed by atoms with van der Waals surface area (Å²) in [7, 11) is 1.89. The molecule has 7 heteroatoms. The highest BCUT2D eigenvalue weighted by atomic mass is 16.6. The first-order valence-electron chi connectivity index (χ1n) is 10.3. The molecule has 0 aliphatic carbocycles. The minimum atomic E-state index is -0.0802. The molecule has 1 aromatic heterocycles. The van der Waals surface area contributed by atoms with E-state index in [9.17, 15) is 9.59 Å². The van der Waals surface area contributed by atoms with E-state index in [4.69, 9.17) is 9.47 Å². The van der Waals surface area contributed by atoms with Crippen LogP contribution in [-0.2, 0) is 11.8 Å². The molecule has 1 fully saturated rings. The van der Waals surface area contributed by atoms with Gasteiger partial charge in [-0.25, -0.2) is 0 Å². The van der Waals surface area contributed by atoms with Crippen molar-refractivity contribution >= 4 is 17.8 Å². The molecule has 0 radical (unpaired) electrons. The average Bonchev–Trinajstić information content (AvgIpc) is 3.02. The van der Waals surface area contributed by atoms with Gasteiger partial charge in [0.2, 0.25) is 5.91 Å². The van der Waals surface area contributed by atoms with Gasteiger partial charge in [-0.05, 0) is 51.0 Å². The first-order valence-corrected chi connectivity index (χ1v) is 10.3. The van der Waals surface area contributed by atoms with E-state index in [-0.39, 0.29) is 17.6 Å². The number of Topliss-reactive ketones (excluding diaryl/α,β-unsaturated/α-hetero) is 1. The first-order chi connectivity index (χ1) is 14.4. The molecule has 7 nitrogen and oxygen atoms in total. The lowest BCUT2D eigenvalue weighted by Gasteiger charge is -2.30. The van der Waals surface area contributed by atoms with Crippen molar-refractivity contribution in [1.82, 2.24) is 14.7 Å². The number of nitrogens with zero attached hydrogens (tertiary/aromatic N) is 3. The van der Waals surface area contributed by atoms with Gasteiger partial charge in [-0.1, -0.05) is 0 Å². The van der Waals surface area contributed by atoms with Crippen LogP contribution in [0.5, 0.6) is 11.5 Å². The molecule has 4 rings (SSSR count). The number of fused-ring (bicyclic) bond motifs is 1. The van der Waals surface area contributed by atoms with Crippen LogP contribution >= 0.6 is 0 Å². The van der Waals surface area contributed by atoms with E-state index < -0.39 is 0 Å². The molecule has 3 heterocycles. The van der Waals surface area contributed by atoms with Gasteiger partial charge in [0.15, 0.2) is 17.3 Å². The lowest BCUT2D eigenvalue weighted by Crippen LogP contribution is -2.39. The van der Waals surface area contributed by atoms with Gasteiger partial charge in [0.1, 0.15) is 13.2 Å². The second-order valence-corrected chi connectivity index (χ2v) is 7.86. The standard InChI is InChI=1S/C23H27N3O4/c1-15-19(16(2)25(3)24-15)5-7-22(27)26-10-8-17(9-11-26)23(28)18-4-6-20-21(14-18)30-13-12-29-20/h4-7,14,17H,8-13H2,1-3H3/b7-5-. The van der Waals surface area contributed by atoms with Crippen molar-refractivity contribution < 1.29 is 19.1 Å². The number of likely N-dealkylation sites (tertiary alicyclic amines) is 1. The predicted molar refractivity (Wildman–Crippen MR) is 113 cm³/mol. The summed E-state index contributed by atoms with van der Waals surface area (Å²) >= 11 is 0. The molecule has 0 atom stereocenters. The van der Waals surface area contributed by atoms with Gasteiger partial charge < -0.3 is 14.4 Å². The van der Waals surface area contributed by atoms with Crippen LogP contribution in [0.15, 0.2) is 24.3 Å². The third-order valence-corrected chi connectivity index (χ3v) is 5.96. The van der Waals surface area contributed by atoms with Crippen molar-refractivity contribution in [3.8, 4) is 11.5 Å². The van der Waals surface area contributed by atoms with E-state index in [0.717, 1.165) is 17.0 Å². The molecule has 0 unspecified atom stereocenters. The maximum atomic E-state index is 12.9. The summed E-state index contributed by atoms with van der Waals surface area (Å²) < 4.78 is 12.9. The lowest BCUT2D eigenvalue weighted by molar-refractivity contribution is -0.127. The number of ketones is 1. The Morgan fingerprint density at radius 2 is 1.80 bits per heavy atom. The second-order valence-electron chi connectivity index (χ2n) is 7.86. The largest absolute Gasteiger partial charge is 0.486 e. The van der Waals surface area contributed by atoms with E-state index in [1.807, 2.05) is 36.6 Å². The van der Waals surface area contributed by atoms with Crippen LogP contribution in [0, 0.1) is 19.8 Å². The Balaban J connectivity index is 1.36. The first kappa shape index (κ1) is 20.2. The van der Waals surface area contributed by atoms with Crippen LogP contribution < -0.4 is 9.47 Å². The van der Waals surface area contributed by atoms with Crippen LogP contribution in [0.25, 0.3) is 6.08 Å². The van der Waals surface area contributed by atoms with E-state index in [0.29, 0.717) is 56.2 Å². The number of ether oxygens (including phenoxy) is 2. The topological polar surface area (TPSA) is 73.7 Å². The summed E-state index contributed by atoms with van der Waals surface area (Å²) in [4.78, 5) is 27.3. The zero-order valence-electron chi connectivity index (χ0n) is 17.7. The van der Waals surface area contributed by atoms with Crippen molar-refractivity contribution in [2.24, 2.45) is 13.0 Å². The summed E-state index contributed by atoms with van der Waals surface area (Å²) in [6.07, 6.45) is 4.78. The Kier molecular flexibility index (Phi) is 5.61. The molecular formula is C23H27N3O4. The molecule has 0 saturated carbocycles. The van der Waals surface area contributed by atoms with Crippen molar-refractivity contribution in [1.29, 1.82) is 0 Å². The molecule has 30 heavy (non-hydrogen) atoms. The Morgan fingerprint density at radius 3 is 2.47 bits per heavy atom. The molecule has 2 aromatic rings. The molecule has 1 aromatic carbocycles. The van der Waals surface area contributed by atoms with Gasteiger partial charge in [-0.2, -0.15) is 5.10 Å². The second kappa shape index (κ2) is 8.34. The van der Waals surface area contributed by atoms with Crippen LogP contribution in [0.4, 0.5) is 0 Å². The third-order valence-electron chi connectivity index (χ3n) is 5.96. The minimum Gasteiger partial charge on any atom is -0.486 e. The summed E-state index contributed by atoms with van der Waals surface area (Å²) in [5.74, 6) is 1.32. The Morgan fingerprint density at radius 1 is 1.10 bits per heavy atom. The van der Waals surface area contributed by atoms with Crippen molar-refractivity contribution in [2.45, 2.75) is 26.7 Å². The van der Waals surface area contributed by atoms with Gasteiger partial charge in [-0.3, -0.25) is 14.3 Å². The van der Waals surface area contributed by atoms with E-state index >= 15 is 0 Å². The number of aryl methyl sites for hydroxylation is 2.